The van der Waals surface area contributed by atoms with Gasteiger partial charge in [0.1, 0.15) is 24.4 Å². The number of benzene rings is 1. The summed E-state index contributed by atoms with van der Waals surface area (Å²) in [5.74, 6) is 0. The van der Waals surface area contributed by atoms with E-state index in [4.69, 9.17) is 28.4 Å². The number of rotatable bonds is 5. The molecule has 6 heteroatoms. The van der Waals surface area contributed by atoms with E-state index in [1.54, 1.807) is 14.2 Å². The van der Waals surface area contributed by atoms with E-state index in [0.29, 0.717) is 13.2 Å². The van der Waals surface area contributed by atoms with Crippen LogP contribution in [0.25, 0.3) is 0 Å². The van der Waals surface area contributed by atoms with Crippen molar-refractivity contribution in [3.8, 4) is 0 Å². The Morgan fingerprint density at radius 1 is 1.04 bits per heavy atom. The number of methoxy groups -OCH3 is 2. The van der Waals surface area contributed by atoms with Crippen LogP contribution in [-0.4, -0.2) is 57.8 Å². The van der Waals surface area contributed by atoms with Gasteiger partial charge in [-0.3, -0.25) is 0 Å². The highest BCUT2D eigenvalue weighted by Gasteiger charge is 2.50. The lowest BCUT2D eigenvalue weighted by Gasteiger charge is -2.47. The van der Waals surface area contributed by atoms with E-state index in [9.17, 15) is 0 Å². The Balaban J connectivity index is 1.69. The Kier molecular flexibility index (Phi) is 5.63. The molecule has 1 aromatic carbocycles. The van der Waals surface area contributed by atoms with Crippen molar-refractivity contribution in [3.05, 3.63) is 35.9 Å². The van der Waals surface area contributed by atoms with E-state index in [0.717, 1.165) is 5.56 Å². The minimum Gasteiger partial charge on any atom is -0.376 e. The van der Waals surface area contributed by atoms with Crippen LogP contribution in [0.3, 0.4) is 0 Å². The van der Waals surface area contributed by atoms with Crippen molar-refractivity contribution in [2.24, 2.45) is 0 Å². The first-order valence-electron chi connectivity index (χ1n) is 7.86. The van der Waals surface area contributed by atoms with Gasteiger partial charge in [-0.15, -0.1) is 0 Å². The SMILES string of the molecule is CO[C@H]1[C@H](OC)[C@@H](OCc2ccccc2)O[C@@H]2COC(C)O[C@@H]12. The fraction of sp³-hybridized carbons (Fsp3) is 0.647. The van der Waals surface area contributed by atoms with Crippen molar-refractivity contribution in [1.29, 1.82) is 0 Å². The molecule has 1 aromatic rings. The second kappa shape index (κ2) is 7.70. The molecular weight excluding hydrogens is 300 g/mol. The molecule has 0 spiro atoms. The van der Waals surface area contributed by atoms with Gasteiger partial charge in [-0.2, -0.15) is 0 Å². The quantitative estimate of drug-likeness (QED) is 0.822. The van der Waals surface area contributed by atoms with Gasteiger partial charge in [0, 0.05) is 14.2 Å². The topological polar surface area (TPSA) is 55.4 Å². The van der Waals surface area contributed by atoms with Gasteiger partial charge in [0.05, 0.1) is 13.2 Å². The molecule has 0 aliphatic carbocycles. The van der Waals surface area contributed by atoms with Crippen LogP contribution < -0.4 is 0 Å². The molecule has 128 valence electrons. The Hall–Kier alpha value is -1.02. The maximum Gasteiger partial charge on any atom is 0.187 e. The van der Waals surface area contributed by atoms with Gasteiger partial charge in [0.25, 0.3) is 0 Å². The minimum absolute atomic E-state index is 0.231. The molecular formula is C17H24O6. The second-order valence-electron chi connectivity index (χ2n) is 5.74. The Morgan fingerprint density at radius 3 is 2.48 bits per heavy atom. The van der Waals surface area contributed by atoms with Crippen LogP contribution in [-0.2, 0) is 35.0 Å². The van der Waals surface area contributed by atoms with Gasteiger partial charge < -0.3 is 28.4 Å². The average molecular weight is 324 g/mol. The Labute approximate surface area is 136 Å². The standard InChI is InChI=1S/C17H24O6/c1-11-20-10-13-14(22-11)15(18-2)16(19-3)17(23-13)21-9-12-7-5-4-6-8-12/h4-8,11,13-17H,9-10H2,1-3H3/t11?,13-,14-,15-,16+,17+/m1/s1. The molecule has 0 N–H and O–H groups in total. The van der Waals surface area contributed by atoms with Gasteiger partial charge in [-0.25, -0.2) is 0 Å². The maximum absolute atomic E-state index is 6.02. The normalized spacial score (nSPS) is 37.3. The van der Waals surface area contributed by atoms with Crippen molar-refractivity contribution in [1.82, 2.24) is 0 Å². The summed E-state index contributed by atoms with van der Waals surface area (Å²) in [6.45, 7) is 2.76. The van der Waals surface area contributed by atoms with Crippen LogP contribution in [0.1, 0.15) is 12.5 Å². The summed E-state index contributed by atoms with van der Waals surface area (Å²) in [5, 5.41) is 0. The number of hydrogen-bond acceptors (Lipinski definition) is 6. The Bertz CT molecular complexity index is 481. The summed E-state index contributed by atoms with van der Waals surface area (Å²) < 4.78 is 34.5. The largest absolute Gasteiger partial charge is 0.376 e. The summed E-state index contributed by atoms with van der Waals surface area (Å²) in [6, 6.07) is 9.95. The van der Waals surface area contributed by atoms with Crippen LogP contribution in [0, 0.1) is 0 Å². The van der Waals surface area contributed by atoms with Gasteiger partial charge in [0.2, 0.25) is 0 Å². The van der Waals surface area contributed by atoms with Crippen molar-refractivity contribution < 1.29 is 28.4 Å². The predicted octanol–water partition coefficient (Wildman–Crippen LogP) is 1.72. The highest BCUT2D eigenvalue weighted by Crippen LogP contribution is 2.32. The van der Waals surface area contributed by atoms with Crippen LogP contribution >= 0.6 is 0 Å². The van der Waals surface area contributed by atoms with Crippen LogP contribution in [0.5, 0.6) is 0 Å². The third-order valence-corrected chi connectivity index (χ3v) is 4.24. The summed E-state index contributed by atoms with van der Waals surface area (Å²) in [6.07, 6.45) is -1.92. The highest BCUT2D eigenvalue weighted by molar-refractivity contribution is 5.13. The molecule has 0 amide bonds. The molecule has 0 radical (unpaired) electrons. The molecule has 2 fully saturated rings. The van der Waals surface area contributed by atoms with Crippen LogP contribution in [0.2, 0.25) is 0 Å². The summed E-state index contributed by atoms with van der Waals surface area (Å²) in [4.78, 5) is 0. The summed E-state index contributed by atoms with van der Waals surface area (Å²) >= 11 is 0. The van der Waals surface area contributed by atoms with E-state index in [-0.39, 0.29) is 30.7 Å². The van der Waals surface area contributed by atoms with Crippen LogP contribution in [0.4, 0.5) is 0 Å². The molecule has 1 unspecified atom stereocenters. The van der Waals surface area contributed by atoms with E-state index in [1.165, 1.54) is 0 Å². The van der Waals surface area contributed by atoms with Gasteiger partial charge >= 0.3 is 0 Å². The third-order valence-electron chi connectivity index (χ3n) is 4.24. The molecule has 2 aliphatic heterocycles. The van der Waals surface area contributed by atoms with E-state index in [1.807, 2.05) is 37.3 Å². The fourth-order valence-corrected chi connectivity index (χ4v) is 3.07. The molecule has 3 rings (SSSR count). The predicted molar refractivity (Wildman–Crippen MR) is 81.8 cm³/mol. The van der Waals surface area contributed by atoms with E-state index < -0.39 is 6.29 Å². The molecule has 0 saturated carbocycles. The lowest BCUT2D eigenvalue weighted by molar-refractivity contribution is -0.362. The maximum atomic E-state index is 6.02. The molecule has 2 saturated heterocycles. The first-order valence-corrected chi connectivity index (χ1v) is 7.86. The van der Waals surface area contributed by atoms with Crippen molar-refractivity contribution in [2.45, 2.75) is 50.5 Å². The lowest BCUT2D eigenvalue weighted by atomic mass is 9.98. The first-order chi connectivity index (χ1) is 11.2. The van der Waals surface area contributed by atoms with Gasteiger partial charge in [0.15, 0.2) is 12.6 Å². The lowest BCUT2D eigenvalue weighted by Crippen LogP contribution is -2.63. The van der Waals surface area contributed by atoms with E-state index in [2.05, 4.69) is 0 Å². The fourth-order valence-electron chi connectivity index (χ4n) is 3.07. The van der Waals surface area contributed by atoms with E-state index >= 15 is 0 Å². The molecule has 6 nitrogen and oxygen atoms in total. The van der Waals surface area contributed by atoms with Crippen molar-refractivity contribution in [2.75, 3.05) is 20.8 Å². The monoisotopic (exact) mass is 324 g/mol. The summed E-state index contributed by atoms with van der Waals surface area (Å²) in [7, 11) is 3.28. The molecule has 0 aromatic heterocycles. The van der Waals surface area contributed by atoms with Crippen molar-refractivity contribution in [3.63, 3.8) is 0 Å². The Morgan fingerprint density at radius 2 is 1.78 bits per heavy atom. The first kappa shape index (κ1) is 16.8. The molecule has 2 aliphatic rings. The summed E-state index contributed by atoms with van der Waals surface area (Å²) in [5.41, 5.74) is 1.08. The molecule has 6 atom stereocenters. The van der Waals surface area contributed by atoms with Crippen molar-refractivity contribution >= 4 is 0 Å². The molecule has 23 heavy (non-hydrogen) atoms. The number of hydrogen-bond donors (Lipinski definition) is 0. The second-order valence-corrected chi connectivity index (χ2v) is 5.74. The zero-order valence-electron chi connectivity index (χ0n) is 13.7. The minimum atomic E-state index is -0.535. The third kappa shape index (κ3) is 3.74. The van der Waals surface area contributed by atoms with Crippen LogP contribution in [0.15, 0.2) is 30.3 Å². The smallest absolute Gasteiger partial charge is 0.187 e. The molecule has 0 bridgehead atoms. The molecule has 2 heterocycles. The average Bonchev–Trinajstić information content (AvgIpc) is 2.59. The highest BCUT2D eigenvalue weighted by atomic mass is 16.8. The zero-order chi connectivity index (χ0) is 16.2. The zero-order valence-corrected chi connectivity index (χ0v) is 13.7. The number of ether oxygens (including phenoxy) is 6. The van der Waals surface area contributed by atoms with Gasteiger partial charge in [-0.05, 0) is 12.5 Å². The van der Waals surface area contributed by atoms with Gasteiger partial charge in [-0.1, -0.05) is 30.3 Å². The number of fused-ring (bicyclic) bond motifs is 1.